The Morgan fingerprint density at radius 2 is 2.08 bits per heavy atom. The predicted octanol–water partition coefficient (Wildman–Crippen LogP) is 4.46. The number of aromatic nitrogens is 3. The minimum Gasteiger partial charge on any atom is -0.492 e. The van der Waals surface area contributed by atoms with Gasteiger partial charge in [0.15, 0.2) is 16.7 Å². The molecule has 0 atom stereocenters. The number of benzene rings is 1. The fourth-order valence-corrected chi connectivity index (χ4v) is 2.98. The van der Waals surface area contributed by atoms with Crippen molar-refractivity contribution in [1.82, 2.24) is 15.2 Å². The number of carbonyl (C=O) groups excluding carboxylic acids is 1. The maximum atomic E-state index is 11.0. The fraction of sp³-hybridized carbons (Fsp3) is 0.235. The Balaban J connectivity index is 1.78. The lowest BCUT2D eigenvalue weighted by atomic mass is 10.1. The van der Waals surface area contributed by atoms with E-state index in [-0.39, 0.29) is 5.78 Å². The quantitative estimate of drug-likeness (QED) is 0.612. The number of ketones is 1. The monoisotopic (exact) mass is 377 g/mol. The minimum atomic E-state index is 0.0793. The number of ether oxygens (including phenoxy) is 1. The predicted molar refractivity (Wildman–Crippen MR) is 97.1 cm³/mol. The van der Waals surface area contributed by atoms with E-state index in [2.05, 4.69) is 15.2 Å². The topological polar surface area (TPSA) is 81.0 Å². The molecule has 0 bridgehead atoms. The number of carbonyl (C=O) groups is 1. The smallest absolute Gasteiger partial charge is 0.197 e. The highest BCUT2D eigenvalue weighted by atomic mass is 35.5. The lowest BCUT2D eigenvalue weighted by Crippen LogP contribution is -1.93. The molecule has 0 amide bonds. The van der Waals surface area contributed by atoms with E-state index in [1.54, 1.807) is 12.1 Å². The number of Topliss-reactive ketones (excluding diaryl/α,β-unsaturated/α-hetero) is 1. The Hall–Kier alpha value is -2.25. The van der Waals surface area contributed by atoms with Gasteiger partial charge >= 0.3 is 0 Å². The van der Waals surface area contributed by atoms with Crippen molar-refractivity contribution >= 4 is 29.1 Å². The molecule has 0 unspecified atom stereocenters. The zero-order valence-electron chi connectivity index (χ0n) is 13.7. The van der Waals surface area contributed by atoms with Crippen LogP contribution in [0.3, 0.4) is 0 Å². The summed E-state index contributed by atoms with van der Waals surface area (Å²) in [5, 5.41) is 9.15. The Labute approximate surface area is 153 Å². The summed E-state index contributed by atoms with van der Waals surface area (Å²) >= 11 is 7.52. The number of thioether (sulfide) groups is 1. The molecule has 3 aromatic rings. The summed E-state index contributed by atoms with van der Waals surface area (Å²) in [6.45, 7) is 3.99. The molecule has 0 saturated carbocycles. The molecule has 2 heterocycles. The molecule has 0 aliphatic carbocycles. The van der Waals surface area contributed by atoms with Crippen LogP contribution in [0, 0.1) is 0 Å². The summed E-state index contributed by atoms with van der Waals surface area (Å²) in [4.78, 5) is 14.1. The number of hydrogen-bond donors (Lipinski definition) is 1. The van der Waals surface area contributed by atoms with Crippen molar-refractivity contribution in [3.8, 4) is 28.7 Å². The fourth-order valence-electron chi connectivity index (χ4n) is 2.14. The molecule has 2 aromatic heterocycles. The Bertz CT molecular complexity index is 891. The van der Waals surface area contributed by atoms with Crippen molar-refractivity contribution in [3.63, 3.8) is 0 Å². The van der Waals surface area contributed by atoms with Crippen molar-refractivity contribution in [1.29, 1.82) is 0 Å². The van der Waals surface area contributed by atoms with Crippen molar-refractivity contribution < 1.29 is 13.9 Å². The molecule has 6 nitrogen and oxygen atoms in total. The Kier molecular flexibility index (Phi) is 5.45. The second kappa shape index (κ2) is 7.76. The third-order valence-corrected chi connectivity index (χ3v) is 4.54. The first-order valence-corrected chi connectivity index (χ1v) is 9.01. The molecular formula is C17H16ClN3O3S. The van der Waals surface area contributed by atoms with E-state index >= 15 is 0 Å². The number of furan rings is 1. The van der Waals surface area contributed by atoms with Gasteiger partial charge in [0.25, 0.3) is 0 Å². The molecule has 0 fully saturated rings. The lowest BCUT2D eigenvalue weighted by molar-refractivity contribution is -0.114. The first kappa shape index (κ1) is 17.6. The van der Waals surface area contributed by atoms with Crippen LogP contribution in [0.4, 0.5) is 0 Å². The molecule has 0 aliphatic heterocycles. The molecule has 130 valence electrons. The van der Waals surface area contributed by atoms with Crippen molar-refractivity contribution in [3.05, 3.63) is 35.4 Å². The van der Waals surface area contributed by atoms with E-state index < -0.39 is 0 Å². The van der Waals surface area contributed by atoms with E-state index in [9.17, 15) is 4.79 Å². The molecule has 0 aliphatic rings. The number of aromatic amines is 1. The van der Waals surface area contributed by atoms with Crippen LogP contribution in [0.2, 0.25) is 5.02 Å². The average molecular weight is 378 g/mol. The van der Waals surface area contributed by atoms with Gasteiger partial charge in [-0.05, 0) is 44.2 Å². The summed E-state index contributed by atoms with van der Waals surface area (Å²) in [7, 11) is 0. The summed E-state index contributed by atoms with van der Waals surface area (Å²) in [5.74, 6) is 2.80. The average Bonchev–Trinajstić information content (AvgIpc) is 3.24. The van der Waals surface area contributed by atoms with Crippen LogP contribution in [0.1, 0.15) is 13.8 Å². The van der Waals surface area contributed by atoms with Crippen LogP contribution in [0.15, 0.2) is 39.9 Å². The third kappa shape index (κ3) is 4.24. The summed E-state index contributed by atoms with van der Waals surface area (Å²) in [6.07, 6.45) is 0. The highest BCUT2D eigenvalue weighted by Crippen LogP contribution is 2.33. The van der Waals surface area contributed by atoms with Crippen LogP contribution in [0.25, 0.3) is 22.9 Å². The summed E-state index contributed by atoms with van der Waals surface area (Å²) in [5.41, 5.74) is 0.838. The minimum absolute atomic E-state index is 0.0793. The van der Waals surface area contributed by atoms with Gasteiger partial charge in [-0.15, -0.1) is 10.2 Å². The van der Waals surface area contributed by atoms with Gasteiger partial charge in [-0.3, -0.25) is 4.79 Å². The van der Waals surface area contributed by atoms with Gasteiger partial charge in [-0.2, -0.15) is 0 Å². The van der Waals surface area contributed by atoms with Gasteiger partial charge in [0.2, 0.25) is 0 Å². The lowest BCUT2D eigenvalue weighted by Gasteiger charge is -2.06. The maximum absolute atomic E-state index is 11.0. The zero-order valence-corrected chi connectivity index (χ0v) is 15.3. The second-order valence-electron chi connectivity index (χ2n) is 5.21. The summed E-state index contributed by atoms with van der Waals surface area (Å²) < 4.78 is 11.3. The second-order valence-corrected chi connectivity index (χ2v) is 6.58. The van der Waals surface area contributed by atoms with Crippen LogP contribution < -0.4 is 4.74 Å². The SMILES string of the molecule is CCOc1ccc(-c2ccc(-c3nnc(SCC(C)=O)[nH]3)o2)cc1Cl. The van der Waals surface area contributed by atoms with Crippen LogP contribution >= 0.6 is 23.4 Å². The molecule has 3 rings (SSSR count). The van der Waals surface area contributed by atoms with Gasteiger partial charge in [-0.25, -0.2) is 0 Å². The molecule has 1 aromatic carbocycles. The standard InChI is InChI=1S/C17H16ClN3O3S/c1-3-23-14-5-4-11(8-12(14)18)13-6-7-15(24-13)16-19-17(21-20-16)25-9-10(2)22/h4-8H,3,9H2,1-2H3,(H,19,20,21). The molecule has 0 radical (unpaired) electrons. The van der Waals surface area contributed by atoms with E-state index in [1.807, 2.05) is 25.1 Å². The number of hydrogen-bond acceptors (Lipinski definition) is 6. The first-order chi connectivity index (χ1) is 12.1. The normalized spacial score (nSPS) is 10.8. The number of halogens is 1. The van der Waals surface area contributed by atoms with Crippen LogP contribution in [-0.4, -0.2) is 33.3 Å². The number of nitrogens with one attached hydrogen (secondary N) is 1. The van der Waals surface area contributed by atoms with Crippen molar-refractivity contribution in [2.24, 2.45) is 0 Å². The van der Waals surface area contributed by atoms with E-state index in [4.69, 9.17) is 20.8 Å². The highest BCUT2D eigenvalue weighted by Gasteiger charge is 2.13. The van der Waals surface area contributed by atoms with Gasteiger partial charge in [0.1, 0.15) is 17.3 Å². The van der Waals surface area contributed by atoms with E-state index in [0.717, 1.165) is 5.56 Å². The van der Waals surface area contributed by atoms with Crippen molar-refractivity contribution in [2.75, 3.05) is 12.4 Å². The zero-order chi connectivity index (χ0) is 17.8. The largest absolute Gasteiger partial charge is 0.492 e. The van der Waals surface area contributed by atoms with Crippen LogP contribution in [0.5, 0.6) is 5.75 Å². The van der Waals surface area contributed by atoms with Gasteiger partial charge in [-0.1, -0.05) is 23.4 Å². The van der Waals surface area contributed by atoms with Crippen molar-refractivity contribution in [2.45, 2.75) is 19.0 Å². The molecule has 0 saturated heterocycles. The number of H-pyrrole nitrogens is 1. The number of rotatable bonds is 7. The van der Waals surface area contributed by atoms with Gasteiger partial charge < -0.3 is 14.1 Å². The summed E-state index contributed by atoms with van der Waals surface area (Å²) in [6, 6.07) is 9.14. The highest BCUT2D eigenvalue weighted by molar-refractivity contribution is 7.99. The maximum Gasteiger partial charge on any atom is 0.197 e. The molecule has 0 spiro atoms. The third-order valence-electron chi connectivity index (χ3n) is 3.23. The Morgan fingerprint density at radius 1 is 1.28 bits per heavy atom. The van der Waals surface area contributed by atoms with Crippen LogP contribution in [-0.2, 0) is 4.79 Å². The van der Waals surface area contributed by atoms with Gasteiger partial charge in [0.05, 0.1) is 17.4 Å². The van der Waals surface area contributed by atoms with E-state index in [1.165, 1.54) is 18.7 Å². The Morgan fingerprint density at radius 3 is 2.80 bits per heavy atom. The molecule has 8 heteroatoms. The molecule has 1 N–H and O–H groups in total. The number of nitrogens with zero attached hydrogens (tertiary/aromatic N) is 2. The van der Waals surface area contributed by atoms with E-state index in [0.29, 0.717) is 45.6 Å². The van der Waals surface area contributed by atoms with Gasteiger partial charge in [0, 0.05) is 5.56 Å². The molecule has 25 heavy (non-hydrogen) atoms. The molecular weight excluding hydrogens is 362 g/mol. The first-order valence-electron chi connectivity index (χ1n) is 7.64.